The normalized spacial score (nSPS) is 11.8. The van der Waals surface area contributed by atoms with Crippen molar-refractivity contribution in [3.8, 4) is 0 Å². The van der Waals surface area contributed by atoms with Gasteiger partial charge in [0.25, 0.3) is 10.1 Å². The molecule has 118 valence electrons. The molecule has 8 nitrogen and oxygen atoms in total. The molecule has 0 bridgehead atoms. The van der Waals surface area contributed by atoms with Gasteiger partial charge in [0.2, 0.25) is 0 Å². The molecule has 0 aromatic heterocycles. The summed E-state index contributed by atoms with van der Waals surface area (Å²) in [5.74, 6) is -1.82. The SMILES string of the molecule is CS(=O)(=O)O.NC(CC(=O)OCc1ccccc1)C(=O)O. The minimum absolute atomic E-state index is 0.131. The number of aliphatic carboxylic acids is 1. The average molecular weight is 319 g/mol. The van der Waals surface area contributed by atoms with Crippen LogP contribution < -0.4 is 5.73 Å². The monoisotopic (exact) mass is 319 g/mol. The molecule has 0 saturated carbocycles. The van der Waals surface area contributed by atoms with E-state index in [1.54, 1.807) is 0 Å². The predicted octanol–water partition coefficient (Wildman–Crippen LogP) is 0.0358. The number of carbonyl (C=O) groups excluding carboxylic acids is 1. The van der Waals surface area contributed by atoms with Gasteiger partial charge in [-0.25, -0.2) is 0 Å². The first-order chi connectivity index (χ1) is 9.59. The van der Waals surface area contributed by atoms with E-state index in [1.165, 1.54) is 0 Å². The molecule has 0 aliphatic rings. The van der Waals surface area contributed by atoms with Crippen LogP contribution in [0.1, 0.15) is 12.0 Å². The molecule has 9 heteroatoms. The van der Waals surface area contributed by atoms with Crippen molar-refractivity contribution in [3.05, 3.63) is 35.9 Å². The van der Waals surface area contributed by atoms with Crippen LogP contribution in [0.5, 0.6) is 0 Å². The Kier molecular flexibility index (Phi) is 8.21. The van der Waals surface area contributed by atoms with Gasteiger partial charge in [0.1, 0.15) is 12.6 Å². The summed E-state index contributed by atoms with van der Waals surface area (Å²) in [6.45, 7) is 0.131. The van der Waals surface area contributed by atoms with E-state index in [1.807, 2.05) is 30.3 Å². The largest absolute Gasteiger partial charge is 0.480 e. The fourth-order valence-electron chi connectivity index (χ4n) is 1.06. The molecule has 0 fully saturated rings. The first-order valence-electron chi connectivity index (χ1n) is 5.70. The van der Waals surface area contributed by atoms with Crippen molar-refractivity contribution >= 4 is 22.1 Å². The average Bonchev–Trinajstić information content (AvgIpc) is 2.35. The molecule has 0 spiro atoms. The standard InChI is InChI=1S/C11H13NO4.CH4O3S/c12-9(11(14)15)6-10(13)16-7-8-4-2-1-3-5-8;1-5(2,3)4/h1-5,9H,6-7,12H2,(H,14,15);1H3,(H,2,3,4). The van der Waals surface area contributed by atoms with E-state index in [0.717, 1.165) is 5.56 Å². The molecule has 0 saturated heterocycles. The molecule has 0 aliphatic heterocycles. The molecule has 1 rings (SSSR count). The van der Waals surface area contributed by atoms with Crippen molar-refractivity contribution in [3.63, 3.8) is 0 Å². The summed E-state index contributed by atoms with van der Waals surface area (Å²) in [7, 11) is -3.67. The van der Waals surface area contributed by atoms with Crippen LogP contribution >= 0.6 is 0 Å². The Morgan fingerprint density at radius 3 is 2.19 bits per heavy atom. The van der Waals surface area contributed by atoms with Gasteiger partial charge in [-0.1, -0.05) is 30.3 Å². The Labute approximate surface area is 122 Å². The molecule has 1 aromatic rings. The van der Waals surface area contributed by atoms with E-state index in [-0.39, 0.29) is 13.0 Å². The number of nitrogens with two attached hydrogens (primary N) is 1. The van der Waals surface area contributed by atoms with E-state index >= 15 is 0 Å². The van der Waals surface area contributed by atoms with E-state index in [9.17, 15) is 18.0 Å². The van der Waals surface area contributed by atoms with Gasteiger partial charge in [0.15, 0.2) is 0 Å². The van der Waals surface area contributed by atoms with E-state index < -0.39 is 28.1 Å². The summed E-state index contributed by atoms with van der Waals surface area (Å²) < 4.78 is 30.7. The number of ether oxygens (including phenoxy) is 1. The molecule has 1 aromatic carbocycles. The number of benzene rings is 1. The number of esters is 1. The second-order valence-electron chi connectivity index (χ2n) is 4.03. The van der Waals surface area contributed by atoms with E-state index in [2.05, 4.69) is 0 Å². The van der Waals surface area contributed by atoms with Crippen LogP contribution in [0.25, 0.3) is 0 Å². The Balaban J connectivity index is 0.000000690. The lowest BCUT2D eigenvalue weighted by Gasteiger charge is -2.07. The molecule has 0 radical (unpaired) electrons. The van der Waals surface area contributed by atoms with Gasteiger partial charge in [-0.2, -0.15) is 8.42 Å². The number of carbonyl (C=O) groups is 2. The Morgan fingerprint density at radius 2 is 1.76 bits per heavy atom. The summed E-state index contributed by atoms with van der Waals surface area (Å²) in [5, 5.41) is 8.48. The maximum Gasteiger partial charge on any atom is 0.321 e. The lowest BCUT2D eigenvalue weighted by molar-refractivity contribution is -0.149. The molecule has 0 aliphatic carbocycles. The molecule has 4 N–H and O–H groups in total. The Bertz CT molecular complexity index is 548. The number of hydrogen-bond acceptors (Lipinski definition) is 6. The second kappa shape index (κ2) is 9.06. The van der Waals surface area contributed by atoms with Gasteiger partial charge < -0.3 is 15.6 Å². The van der Waals surface area contributed by atoms with Crippen molar-refractivity contribution in [2.45, 2.75) is 19.1 Å². The maximum absolute atomic E-state index is 11.2. The van der Waals surface area contributed by atoms with Crippen LogP contribution in [-0.4, -0.2) is 42.3 Å². The minimum atomic E-state index is -3.67. The zero-order valence-corrected chi connectivity index (χ0v) is 12.1. The maximum atomic E-state index is 11.2. The van der Waals surface area contributed by atoms with Crippen LogP contribution in [0.3, 0.4) is 0 Å². The van der Waals surface area contributed by atoms with Gasteiger partial charge in [-0.3, -0.25) is 14.1 Å². The van der Waals surface area contributed by atoms with E-state index in [0.29, 0.717) is 6.26 Å². The summed E-state index contributed by atoms with van der Waals surface area (Å²) in [6, 6.07) is 7.92. The summed E-state index contributed by atoms with van der Waals surface area (Å²) in [6.07, 6.45) is 0.398. The molecule has 0 amide bonds. The smallest absolute Gasteiger partial charge is 0.321 e. The van der Waals surface area contributed by atoms with Gasteiger partial charge in [0, 0.05) is 0 Å². The van der Waals surface area contributed by atoms with Crippen molar-refractivity contribution in [2.75, 3.05) is 6.26 Å². The fourth-order valence-corrected chi connectivity index (χ4v) is 1.06. The fraction of sp³-hybridized carbons (Fsp3) is 0.333. The third-order valence-electron chi connectivity index (χ3n) is 1.95. The third-order valence-corrected chi connectivity index (χ3v) is 1.95. The van der Waals surface area contributed by atoms with Gasteiger partial charge in [0.05, 0.1) is 12.7 Å². The van der Waals surface area contributed by atoms with E-state index in [4.69, 9.17) is 20.1 Å². The minimum Gasteiger partial charge on any atom is -0.480 e. The highest BCUT2D eigenvalue weighted by Crippen LogP contribution is 2.02. The van der Waals surface area contributed by atoms with Gasteiger partial charge >= 0.3 is 11.9 Å². The zero-order valence-electron chi connectivity index (χ0n) is 11.3. The van der Waals surface area contributed by atoms with Crippen molar-refractivity contribution in [2.24, 2.45) is 5.73 Å². The molecule has 1 atom stereocenters. The lowest BCUT2D eigenvalue weighted by Crippen LogP contribution is -2.33. The second-order valence-corrected chi connectivity index (χ2v) is 5.49. The molecule has 21 heavy (non-hydrogen) atoms. The molecule has 1 unspecified atom stereocenters. The molecule has 0 heterocycles. The summed E-state index contributed by atoms with van der Waals surface area (Å²) >= 11 is 0. The van der Waals surface area contributed by atoms with Crippen LogP contribution in [0.2, 0.25) is 0 Å². The van der Waals surface area contributed by atoms with Gasteiger partial charge in [-0.05, 0) is 5.56 Å². The summed E-state index contributed by atoms with van der Waals surface area (Å²) in [5.41, 5.74) is 6.03. The third kappa shape index (κ3) is 12.8. The first-order valence-corrected chi connectivity index (χ1v) is 7.55. The van der Waals surface area contributed by atoms with Crippen LogP contribution in [0.4, 0.5) is 0 Å². The van der Waals surface area contributed by atoms with Crippen molar-refractivity contribution in [1.29, 1.82) is 0 Å². The highest BCUT2D eigenvalue weighted by molar-refractivity contribution is 7.85. The van der Waals surface area contributed by atoms with Crippen molar-refractivity contribution < 1.29 is 32.4 Å². The molecular weight excluding hydrogens is 302 g/mol. The molecular formula is C12H17NO7S. The number of carboxylic acids is 1. The highest BCUT2D eigenvalue weighted by atomic mass is 32.2. The van der Waals surface area contributed by atoms with Crippen molar-refractivity contribution in [1.82, 2.24) is 0 Å². The Morgan fingerprint density at radius 1 is 1.29 bits per heavy atom. The van der Waals surface area contributed by atoms with Crippen LogP contribution in [0.15, 0.2) is 30.3 Å². The summed E-state index contributed by atoms with van der Waals surface area (Å²) in [4.78, 5) is 21.5. The Hall–Kier alpha value is -1.97. The topological polar surface area (TPSA) is 144 Å². The van der Waals surface area contributed by atoms with Crippen LogP contribution in [-0.2, 0) is 31.1 Å². The first kappa shape index (κ1) is 19.0. The predicted molar refractivity (Wildman–Crippen MR) is 73.9 cm³/mol. The van der Waals surface area contributed by atoms with Crippen LogP contribution in [0, 0.1) is 0 Å². The quantitative estimate of drug-likeness (QED) is 0.509. The lowest BCUT2D eigenvalue weighted by atomic mass is 10.2. The van der Waals surface area contributed by atoms with Gasteiger partial charge in [-0.15, -0.1) is 0 Å². The zero-order chi connectivity index (χ0) is 16.5. The number of carboxylic acid groups (broad SMARTS) is 1. The highest BCUT2D eigenvalue weighted by Gasteiger charge is 2.17. The number of rotatable bonds is 5. The number of hydrogen-bond donors (Lipinski definition) is 3.